The lowest BCUT2D eigenvalue weighted by atomic mass is 10.2. The van der Waals surface area contributed by atoms with Crippen LogP contribution in [0.15, 0.2) is 87.1 Å². The number of thiazole rings is 1. The number of nitrogens with zero attached hydrogens (tertiary/aromatic N) is 3. The van der Waals surface area contributed by atoms with Crippen molar-refractivity contribution in [3.63, 3.8) is 0 Å². The maximum Gasteiger partial charge on any atom is 0.263 e. The Balaban J connectivity index is 1.58. The number of para-hydroxylation sites is 3. The Hall–Kier alpha value is -3.01. The van der Waals surface area contributed by atoms with Gasteiger partial charge >= 0.3 is 0 Å². The first-order valence-electron chi connectivity index (χ1n) is 9.38. The summed E-state index contributed by atoms with van der Waals surface area (Å²) in [6.07, 6.45) is 0. The van der Waals surface area contributed by atoms with Gasteiger partial charge in [-0.3, -0.25) is 4.72 Å². The van der Waals surface area contributed by atoms with Crippen molar-refractivity contribution in [1.82, 2.24) is 15.0 Å². The molecule has 5 rings (SSSR count). The maximum atomic E-state index is 13.0. The van der Waals surface area contributed by atoms with Crippen molar-refractivity contribution in [1.29, 1.82) is 0 Å². The van der Waals surface area contributed by atoms with Gasteiger partial charge in [-0.15, -0.1) is 11.3 Å². The average Bonchev–Trinajstić information content (AvgIpc) is 3.16. The second-order valence-electron chi connectivity index (χ2n) is 6.83. The molecule has 2 aromatic heterocycles. The molecule has 6 nitrogen and oxygen atoms in total. The quantitative estimate of drug-likeness (QED) is 0.370. The van der Waals surface area contributed by atoms with E-state index in [4.69, 9.17) is 0 Å². The summed E-state index contributed by atoms with van der Waals surface area (Å²) in [7, 11) is -3.82. The second kappa shape index (κ2) is 7.92. The fraction of sp³-hybridized carbons (Fsp3) is 0.0455. The van der Waals surface area contributed by atoms with Gasteiger partial charge in [-0.25, -0.2) is 23.4 Å². The Morgan fingerprint density at radius 2 is 1.45 bits per heavy atom. The Kier molecular flexibility index (Phi) is 5.09. The molecular weight excluding hydrogens is 448 g/mol. The lowest BCUT2D eigenvalue weighted by molar-refractivity contribution is 0.601. The van der Waals surface area contributed by atoms with E-state index < -0.39 is 10.0 Å². The molecule has 0 aliphatic carbocycles. The number of benzene rings is 3. The second-order valence-corrected chi connectivity index (χ2v) is 10.8. The topological polar surface area (TPSA) is 84.8 Å². The van der Waals surface area contributed by atoms with Crippen molar-refractivity contribution < 1.29 is 8.42 Å². The lowest BCUT2D eigenvalue weighted by Crippen LogP contribution is -2.15. The van der Waals surface area contributed by atoms with E-state index in [2.05, 4.69) is 19.7 Å². The van der Waals surface area contributed by atoms with Crippen molar-refractivity contribution in [2.75, 3.05) is 4.72 Å². The fourth-order valence-corrected chi connectivity index (χ4v) is 6.09. The van der Waals surface area contributed by atoms with E-state index in [-0.39, 0.29) is 10.7 Å². The van der Waals surface area contributed by atoms with Gasteiger partial charge in [0.05, 0.1) is 26.1 Å². The highest BCUT2D eigenvalue weighted by molar-refractivity contribution is 8.01. The summed E-state index contributed by atoms with van der Waals surface area (Å²) in [6.45, 7) is 1.91. The zero-order chi connectivity index (χ0) is 21.4. The number of aryl methyl sites for hydroxylation is 1. The van der Waals surface area contributed by atoms with Crippen molar-refractivity contribution in [3.05, 3.63) is 78.4 Å². The molecule has 0 aliphatic rings. The van der Waals surface area contributed by atoms with Gasteiger partial charge in [0.1, 0.15) is 5.03 Å². The first-order valence-corrected chi connectivity index (χ1v) is 12.5. The summed E-state index contributed by atoms with van der Waals surface area (Å²) >= 11 is 2.83. The van der Waals surface area contributed by atoms with Crippen LogP contribution in [-0.2, 0) is 10.0 Å². The molecular formula is C22H16N4O2S3. The molecule has 0 radical (unpaired) electrons. The molecule has 0 unspecified atom stereocenters. The van der Waals surface area contributed by atoms with Gasteiger partial charge < -0.3 is 0 Å². The van der Waals surface area contributed by atoms with Crippen molar-refractivity contribution in [2.24, 2.45) is 0 Å². The minimum absolute atomic E-state index is 0.170. The van der Waals surface area contributed by atoms with Crippen LogP contribution in [0.3, 0.4) is 0 Å². The highest BCUT2D eigenvalue weighted by atomic mass is 32.2. The number of hydrogen-bond acceptors (Lipinski definition) is 7. The van der Waals surface area contributed by atoms with Crippen LogP contribution < -0.4 is 4.72 Å². The summed E-state index contributed by atoms with van der Waals surface area (Å²) < 4.78 is 30.4. The van der Waals surface area contributed by atoms with Crippen LogP contribution >= 0.6 is 23.1 Å². The van der Waals surface area contributed by atoms with E-state index in [1.165, 1.54) is 23.1 Å². The predicted molar refractivity (Wildman–Crippen MR) is 125 cm³/mol. The summed E-state index contributed by atoms with van der Waals surface area (Å²) in [5.41, 5.74) is 3.17. The van der Waals surface area contributed by atoms with E-state index in [1.54, 1.807) is 30.3 Å². The molecule has 0 saturated carbocycles. The number of hydrogen-bond donors (Lipinski definition) is 1. The molecule has 0 fully saturated rings. The van der Waals surface area contributed by atoms with Gasteiger partial charge in [0.25, 0.3) is 10.0 Å². The van der Waals surface area contributed by atoms with Gasteiger partial charge in [0.2, 0.25) is 0 Å². The highest BCUT2D eigenvalue weighted by Crippen LogP contribution is 2.37. The van der Waals surface area contributed by atoms with Gasteiger partial charge in [0, 0.05) is 0 Å². The van der Waals surface area contributed by atoms with Crippen LogP contribution in [0.4, 0.5) is 5.82 Å². The fourth-order valence-electron chi connectivity index (χ4n) is 3.00. The monoisotopic (exact) mass is 464 g/mol. The van der Waals surface area contributed by atoms with Gasteiger partial charge in [0.15, 0.2) is 10.2 Å². The molecule has 0 saturated heterocycles. The maximum absolute atomic E-state index is 13.0. The molecule has 9 heteroatoms. The number of fused-ring (bicyclic) bond motifs is 2. The zero-order valence-corrected chi connectivity index (χ0v) is 18.8. The van der Waals surface area contributed by atoms with Crippen molar-refractivity contribution >= 4 is 60.2 Å². The zero-order valence-electron chi connectivity index (χ0n) is 16.3. The third kappa shape index (κ3) is 4.12. The first kappa shape index (κ1) is 19.9. The molecule has 0 atom stereocenters. The number of rotatable bonds is 5. The standard InChI is InChI=1S/C22H16N4O2S3/c1-14-10-12-15(13-11-14)31(27,28)26-20-21(24-17-7-3-2-6-16(17)23-20)30-22-25-18-8-4-5-9-19(18)29-22/h2-13H,1H3,(H,23,26). The summed E-state index contributed by atoms with van der Waals surface area (Å²) in [4.78, 5) is 14.0. The molecule has 0 aliphatic heterocycles. The number of aromatic nitrogens is 3. The smallest absolute Gasteiger partial charge is 0.261 e. The lowest BCUT2D eigenvalue weighted by Gasteiger charge is -2.11. The Bertz CT molecular complexity index is 1480. The van der Waals surface area contributed by atoms with Gasteiger partial charge in [-0.2, -0.15) is 0 Å². The average molecular weight is 465 g/mol. The Labute approximate surface area is 187 Å². The first-order chi connectivity index (χ1) is 15.0. The number of nitrogens with one attached hydrogen (secondary N) is 1. The molecule has 0 amide bonds. The normalized spacial score (nSPS) is 11.8. The Morgan fingerprint density at radius 1 is 0.806 bits per heavy atom. The van der Waals surface area contributed by atoms with Gasteiger partial charge in [-0.1, -0.05) is 42.0 Å². The van der Waals surface area contributed by atoms with Crippen LogP contribution in [0.5, 0.6) is 0 Å². The van der Waals surface area contributed by atoms with E-state index in [0.29, 0.717) is 16.1 Å². The van der Waals surface area contributed by atoms with E-state index >= 15 is 0 Å². The van der Waals surface area contributed by atoms with E-state index in [1.807, 2.05) is 49.4 Å². The number of anilines is 1. The van der Waals surface area contributed by atoms with Crippen molar-refractivity contribution in [2.45, 2.75) is 21.2 Å². The van der Waals surface area contributed by atoms with Crippen molar-refractivity contribution in [3.8, 4) is 0 Å². The van der Waals surface area contributed by atoms with E-state index in [9.17, 15) is 8.42 Å². The van der Waals surface area contributed by atoms with Crippen LogP contribution in [-0.4, -0.2) is 23.4 Å². The molecule has 0 bridgehead atoms. The molecule has 154 valence electrons. The van der Waals surface area contributed by atoms with Crippen LogP contribution in [0.2, 0.25) is 0 Å². The molecule has 5 aromatic rings. The number of sulfonamides is 1. The molecule has 3 aromatic carbocycles. The van der Waals surface area contributed by atoms with Crippen LogP contribution in [0.1, 0.15) is 5.56 Å². The molecule has 1 N–H and O–H groups in total. The largest absolute Gasteiger partial charge is 0.263 e. The summed E-state index contributed by atoms with van der Waals surface area (Å²) in [5, 5.41) is 0.452. The minimum atomic E-state index is -3.82. The predicted octanol–water partition coefficient (Wildman–Crippen LogP) is 5.50. The van der Waals surface area contributed by atoms with Gasteiger partial charge in [-0.05, 0) is 55.1 Å². The SMILES string of the molecule is Cc1ccc(S(=O)(=O)Nc2nc3ccccc3nc2Sc2nc3ccccc3s2)cc1. The highest BCUT2D eigenvalue weighted by Gasteiger charge is 2.20. The minimum Gasteiger partial charge on any atom is -0.261 e. The summed E-state index contributed by atoms with van der Waals surface area (Å²) in [5.74, 6) is 0.184. The molecule has 31 heavy (non-hydrogen) atoms. The van der Waals surface area contributed by atoms with Crippen LogP contribution in [0.25, 0.3) is 21.3 Å². The third-order valence-corrected chi connectivity index (χ3v) is 7.99. The molecule has 0 spiro atoms. The third-order valence-electron chi connectivity index (χ3n) is 4.56. The van der Waals surface area contributed by atoms with E-state index in [0.717, 1.165) is 20.1 Å². The molecule has 2 heterocycles. The van der Waals surface area contributed by atoms with Crippen LogP contribution in [0, 0.1) is 6.92 Å². The Morgan fingerprint density at radius 3 is 2.16 bits per heavy atom. The summed E-state index contributed by atoms with van der Waals surface area (Å²) in [6, 6.07) is 21.9.